The minimum absolute atomic E-state index is 0.189. The van der Waals surface area contributed by atoms with Crippen LogP contribution in [0.4, 0.5) is 10.1 Å². The summed E-state index contributed by atoms with van der Waals surface area (Å²) in [5.74, 6) is 0.157. The summed E-state index contributed by atoms with van der Waals surface area (Å²) in [5, 5.41) is 2.65. The number of rotatable bonds is 7. The van der Waals surface area contributed by atoms with E-state index in [1.54, 1.807) is 12.1 Å². The summed E-state index contributed by atoms with van der Waals surface area (Å²) in [6.07, 6.45) is 0. The maximum absolute atomic E-state index is 13.9. The fourth-order valence-corrected chi connectivity index (χ4v) is 2.73. The first-order chi connectivity index (χ1) is 11.9. The SMILES string of the molecule is CCOc1ccc(C[NH+](C)[C@@H](C)C(=O)Nc2ccc(Br)cc2F)cc1. The number of amides is 1. The number of halogens is 2. The van der Waals surface area contributed by atoms with Crippen LogP contribution in [0.5, 0.6) is 5.75 Å². The van der Waals surface area contributed by atoms with Crippen molar-refractivity contribution in [2.45, 2.75) is 26.4 Å². The predicted octanol–water partition coefficient (Wildman–Crippen LogP) is 3.03. The zero-order valence-electron chi connectivity index (χ0n) is 14.6. The van der Waals surface area contributed by atoms with Crippen LogP contribution < -0.4 is 15.0 Å². The van der Waals surface area contributed by atoms with Gasteiger partial charge in [-0.25, -0.2) is 4.39 Å². The third-order valence-electron chi connectivity index (χ3n) is 4.04. The van der Waals surface area contributed by atoms with Gasteiger partial charge in [-0.2, -0.15) is 0 Å². The molecule has 0 aliphatic heterocycles. The minimum atomic E-state index is -0.459. The van der Waals surface area contributed by atoms with Crippen molar-refractivity contribution < 1.29 is 18.8 Å². The van der Waals surface area contributed by atoms with Crippen LogP contribution in [-0.2, 0) is 11.3 Å². The zero-order valence-corrected chi connectivity index (χ0v) is 16.2. The number of carbonyl (C=O) groups is 1. The Morgan fingerprint density at radius 1 is 1.28 bits per heavy atom. The van der Waals surface area contributed by atoms with Crippen molar-refractivity contribution in [3.05, 3.63) is 58.3 Å². The van der Waals surface area contributed by atoms with Crippen molar-refractivity contribution in [2.75, 3.05) is 19.0 Å². The second-order valence-corrected chi connectivity index (χ2v) is 6.85. The van der Waals surface area contributed by atoms with Crippen LogP contribution in [0, 0.1) is 5.82 Å². The highest BCUT2D eigenvalue weighted by Gasteiger charge is 2.23. The molecule has 2 aromatic rings. The molecule has 0 spiro atoms. The number of nitrogens with one attached hydrogen (secondary N) is 2. The van der Waals surface area contributed by atoms with Gasteiger partial charge in [-0.15, -0.1) is 0 Å². The summed E-state index contributed by atoms with van der Waals surface area (Å²) in [5.41, 5.74) is 1.30. The molecule has 0 heterocycles. The van der Waals surface area contributed by atoms with E-state index < -0.39 is 5.82 Å². The van der Waals surface area contributed by atoms with Crippen molar-refractivity contribution in [1.82, 2.24) is 0 Å². The zero-order chi connectivity index (χ0) is 18.4. The Balaban J connectivity index is 1.96. The minimum Gasteiger partial charge on any atom is -0.494 e. The first-order valence-corrected chi connectivity index (χ1v) is 9.00. The summed E-state index contributed by atoms with van der Waals surface area (Å²) >= 11 is 3.20. The maximum atomic E-state index is 13.9. The monoisotopic (exact) mass is 409 g/mol. The molecule has 2 aromatic carbocycles. The fourth-order valence-electron chi connectivity index (χ4n) is 2.40. The smallest absolute Gasteiger partial charge is 0.282 e. The summed E-state index contributed by atoms with van der Waals surface area (Å²) in [6.45, 7) is 5.09. The molecule has 25 heavy (non-hydrogen) atoms. The summed E-state index contributed by atoms with van der Waals surface area (Å²) < 4.78 is 19.9. The molecular formula is C19H23BrFN2O2+. The lowest BCUT2D eigenvalue weighted by molar-refractivity contribution is -0.907. The average molecular weight is 410 g/mol. The maximum Gasteiger partial charge on any atom is 0.282 e. The molecule has 0 radical (unpaired) electrons. The molecule has 0 bridgehead atoms. The first-order valence-electron chi connectivity index (χ1n) is 8.20. The van der Waals surface area contributed by atoms with Crippen LogP contribution in [0.3, 0.4) is 0 Å². The van der Waals surface area contributed by atoms with Crippen molar-refractivity contribution >= 4 is 27.5 Å². The van der Waals surface area contributed by atoms with E-state index in [1.165, 1.54) is 6.07 Å². The molecule has 2 rings (SSSR count). The lowest BCUT2D eigenvalue weighted by Crippen LogP contribution is -3.12. The van der Waals surface area contributed by atoms with Crippen molar-refractivity contribution in [3.63, 3.8) is 0 Å². The molecule has 134 valence electrons. The molecule has 0 saturated heterocycles. The van der Waals surface area contributed by atoms with Crippen molar-refractivity contribution in [1.29, 1.82) is 0 Å². The Bertz CT molecular complexity index is 722. The number of hydrogen-bond acceptors (Lipinski definition) is 2. The van der Waals surface area contributed by atoms with E-state index in [4.69, 9.17) is 4.74 Å². The van der Waals surface area contributed by atoms with Gasteiger partial charge in [0, 0.05) is 10.0 Å². The topological polar surface area (TPSA) is 42.8 Å². The average Bonchev–Trinajstić information content (AvgIpc) is 2.58. The number of ether oxygens (including phenoxy) is 1. The van der Waals surface area contributed by atoms with Gasteiger partial charge in [0.15, 0.2) is 6.04 Å². The van der Waals surface area contributed by atoms with Gasteiger partial charge in [-0.1, -0.05) is 15.9 Å². The lowest BCUT2D eigenvalue weighted by atomic mass is 10.1. The third kappa shape index (κ3) is 5.54. The van der Waals surface area contributed by atoms with Gasteiger partial charge in [0.1, 0.15) is 18.1 Å². The highest BCUT2D eigenvalue weighted by Crippen LogP contribution is 2.19. The number of anilines is 1. The van der Waals surface area contributed by atoms with Crippen molar-refractivity contribution in [3.8, 4) is 5.75 Å². The predicted molar refractivity (Wildman–Crippen MR) is 100 cm³/mol. The molecule has 2 N–H and O–H groups in total. The van der Waals surface area contributed by atoms with Crippen LogP contribution in [0.2, 0.25) is 0 Å². The summed E-state index contributed by atoms with van der Waals surface area (Å²) in [7, 11) is 1.94. The van der Waals surface area contributed by atoms with Crippen LogP contribution in [-0.4, -0.2) is 25.6 Å². The molecule has 4 nitrogen and oxygen atoms in total. The second-order valence-electron chi connectivity index (χ2n) is 5.94. The number of likely N-dealkylation sites (N-methyl/N-ethyl adjacent to an activating group) is 1. The molecule has 6 heteroatoms. The first kappa shape index (κ1) is 19.4. The Morgan fingerprint density at radius 3 is 2.56 bits per heavy atom. The largest absolute Gasteiger partial charge is 0.494 e. The Kier molecular flexibility index (Phi) is 6.96. The van der Waals surface area contributed by atoms with Gasteiger partial charge < -0.3 is 15.0 Å². The van der Waals surface area contributed by atoms with Crippen LogP contribution in [0.15, 0.2) is 46.9 Å². The third-order valence-corrected chi connectivity index (χ3v) is 4.53. The summed E-state index contributed by atoms with van der Waals surface area (Å²) in [4.78, 5) is 13.4. The van der Waals surface area contributed by atoms with E-state index in [2.05, 4.69) is 21.2 Å². The Labute approximate surface area is 156 Å². The number of hydrogen-bond donors (Lipinski definition) is 2. The molecular weight excluding hydrogens is 387 g/mol. The van der Waals surface area contributed by atoms with E-state index in [1.807, 2.05) is 45.2 Å². The number of carbonyl (C=O) groups excluding carboxylic acids is 1. The van der Waals surface area contributed by atoms with Gasteiger partial charge >= 0.3 is 0 Å². The van der Waals surface area contributed by atoms with E-state index in [9.17, 15) is 9.18 Å². The fraction of sp³-hybridized carbons (Fsp3) is 0.316. The summed E-state index contributed by atoms with van der Waals surface area (Å²) in [6, 6.07) is 12.1. The molecule has 0 saturated carbocycles. The molecule has 0 fully saturated rings. The van der Waals surface area contributed by atoms with Crippen LogP contribution >= 0.6 is 15.9 Å². The molecule has 1 unspecified atom stereocenters. The quantitative estimate of drug-likeness (QED) is 0.737. The van der Waals surface area contributed by atoms with E-state index in [0.717, 1.165) is 16.2 Å². The van der Waals surface area contributed by atoms with Gasteiger partial charge in [0.05, 0.1) is 19.3 Å². The standard InChI is InChI=1S/C19H22BrFN2O2/c1-4-25-16-8-5-14(6-9-16)12-23(3)13(2)19(24)22-18-10-7-15(20)11-17(18)21/h5-11,13H,4,12H2,1-3H3,(H,22,24)/p+1/t13-/m0/s1. The number of quaternary nitrogens is 1. The molecule has 0 aliphatic rings. The Hall–Kier alpha value is -1.92. The lowest BCUT2D eigenvalue weighted by Gasteiger charge is -2.21. The van der Waals surface area contributed by atoms with E-state index >= 15 is 0 Å². The highest BCUT2D eigenvalue weighted by molar-refractivity contribution is 9.10. The highest BCUT2D eigenvalue weighted by atomic mass is 79.9. The van der Waals surface area contributed by atoms with Crippen LogP contribution in [0.25, 0.3) is 0 Å². The van der Waals surface area contributed by atoms with Gasteiger partial charge in [-0.3, -0.25) is 4.79 Å². The molecule has 0 aromatic heterocycles. The van der Waals surface area contributed by atoms with E-state index in [0.29, 0.717) is 17.6 Å². The van der Waals surface area contributed by atoms with Crippen molar-refractivity contribution in [2.24, 2.45) is 0 Å². The molecule has 1 amide bonds. The Morgan fingerprint density at radius 2 is 1.96 bits per heavy atom. The van der Waals surface area contributed by atoms with Gasteiger partial charge in [0.25, 0.3) is 5.91 Å². The van der Waals surface area contributed by atoms with Gasteiger partial charge in [0.2, 0.25) is 0 Å². The van der Waals surface area contributed by atoms with E-state index in [-0.39, 0.29) is 17.6 Å². The van der Waals surface area contributed by atoms with Crippen LogP contribution in [0.1, 0.15) is 19.4 Å². The molecule has 0 aliphatic carbocycles. The molecule has 2 atom stereocenters. The van der Waals surface area contributed by atoms with Gasteiger partial charge in [-0.05, 0) is 56.3 Å². The normalized spacial score (nSPS) is 13.2. The number of benzene rings is 2. The second kappa shape index (κ2) is 8.97.